The van der Waals surface area contributed by atoms with E-state index in [-0.39, 0.29) is 23.5 Å². The van der Waals surface area contributed by atoms with Crippen molar-refractivity contribution in [2.24, 2.45) is 0 Å². The van der Waals surface area contributed by atoms with E-state index in [1.807, 2.05) is 0 Å². The summed E-state index contributed by atoms with van der Waals surface area (Å²) >= 11 is 5.56. The average Bonchev–Trinajstić information content (AvgIpc) is 2.37. The number of amides is 1. The van der Waals surface area contributed by atoms with Gasteiger partial charge in [-0.2, -0.15) is 0 Å². The Morgan fingerprint density at radius 3 is 2.68 bits per heavy atom. The van der Waals surface area contributed by atoms with E-state index >= 15 is 0 Å². The van der Waals surface area contributed by atoms with E-state index in [1.54, 1.807) is 25.9 Å². The number of hydrogen-bond donors (Lipinski definition) is 2. The van der Waals surface area contributed by atoms with Crippen molar-refractivity contribution in [1.82, 2.24) is 10.2 Å². The fraction of sp³-hybridized carbons (Fsp3) is 0.462. The summed E-state index contributed by atoms with van der Waals surface area (Å²) in [5, 5.41) is 12.5. The summed E-state index contributed by atoms with van der Waals surface area (Å²) in [6, 6.07) is 3.76. The topological polar surface area (TPSA) is 52.6 Å². The molecule has 0 fully saturated rings. The second-order valence-electron chi connectivity index (χ2n) is 4.57. The summed E-state index contributed by atoms with van der Waals surface area (Å²) in [5.74, 6) is -0.787. The highest BCUT2D eigenvalue weighted by Gasteiger charge is 2.17. The van der Waals surface area contributed by atoms with Gasteiger partial charge in [0.25, 0.3) is 0 Å². The molecule has 2 N–H and O–H groups in total. The lowest BCUT2D eigenvalue weighted by Crippen LogP contribution is -2.42. The minimum absolute atomic E-state index is 0.00113. The Morgan fingerprint density at radius 1 is 1.53 bits per heavy atom. The molecular weight excluding hydrogens is 271 g/mol. The van der Waals surface area contributed by atoms with Crippen LogP contribution in [0.4, 0.5) is 4.39 Å². The van der Waals surface area contributed by atoms with Gasteiger partial charge >= 0.3 is 0 Å². The van der Waals surface area contributed by atoms with E-state index in [9.17, 15) is 14.3 Å². The van der Waals surface area contributed by atoms with Gasteiger partial charge in [-0.1, -0.05) is 17.7 Å². The third kappa shape index (κ3) is 4.45. The van der Waals surface area contributed by atoms with E-state index in [0.29, 0.717) is 5.56 Å². The predicted octanol–water partition coefficient (Wildman–Crippen LogP) is 1.58. The van der Waals surface area contributed by atoms with Crippen molar-refractivity contribution in [3.8, 4) is 0 Å². The number of aliphatic hydroxyl groups excluding tert-OH is 1. The van der Waals surface area contributed by atoms with E-state index < -0.39 is 11.9 Å². The molecule has 1 unspecified atom stereocenters. The number of rotatable bonds is 5. The van der Waals surface area contributed by atoms with Crippen LogP contribution < -0.4 is 5.32 Å². The molecule has 1 amide bonds. The zero-order valence-corrected chi connectivity index (χ0v) is 11.9. The molecule has 1 rings (SSSR count). The molecule has 19 heavy (non-hydrogen) atoms. The number of nitrogens with one attached hydrogen (secondary N) is 1. The molecule has 2 atom stereocenters. The van der Waals surface area contributed by atoms with Crippen molar-refractivity contribution in [2.75, 3.05) is 20.6 Å². The molecule has 0 aliphatic carbocycles. The van der Waals surface area contributed by atoms with Gasteiger partial charge in [0.15, 0.2) is 0 Å². The molecule has 0 saturated heterocycles. The van der Waals surface area contributed by atoms with E-state index in [4.69, 9.17) is 11.6 Å². The van der Waals surface area contributed by atoms with Crippen LogP contribution in [0.3, 0.4) is 0 Å². The fourth-order valence-electron chi connectivity index (χ4n) is 1.42. The highest BCUT2D eigenvalue weighted by Crippen LogP contribution is 2.19. The Balaban J connectivity index is 2.58. The summed E-state index contributed by atoms with van der Waals surface area (Å²) in [5.41, 5.74) is 0.375. The van der Waals surface area contributed by atoms with Crippen LogP contribution in [0.2, 0.25) is 5.02 Å². The summed E-state index contributed by atoms with van der Waals surface area (Å²) in [7, 11) is 3.57. The maximum atomic E-state index is 13.2. The fourth-order valence-corrected chi connectivity index (χ4v) is 1.53. The number of aliphatic hydroxyl groups is 1. The van der Waals surface area contributed by atoms with Crippen molar-refractivity contribution in [3.63, 3.8) is 0 Å². The minimum Gasteiger partial charge on any atom is -0.387 e. The molecule has 4 nitrogen and oxygen atoms in total. The van der Waals surface area contributed by atoms with Crippen LogP contribution in [-0.4, -0.2) is 42.6 Å². The Bertz CT molecular complexity index is 454. The first-order valence-corrected chi connectivity index (χ1v) is 6.28. The molecule has 0 aliphatic heterocycles. The van der Waals surface area contributed by atoms with E-state index in [2.05, 4.69) is 5.32 Å². The lowest BCUT2D eigenvalue weighted by atomic mass is 10.1. The first-order chi connectivity index (χ1) is 8.82. The van der Waals surface area contributed by atoms with Crippen LogP contribution in [0, 0.1) is 5.82 Å². The normalized spacial score (nSPS) is 14.3. The zero-order valence-electron chi connectivity index (χ0n) is 11.2. The SMILES string of the molecule is C[C@@H](C(=O)NCC(O)c1ccc(Cl)c(F)c1)N(C)C. The number of likely N-dealkylation sites (N-methyl/N-ethyl adjacent to an activating group) is 1. The minimum atomic E-state index is -0.968. The lowest BCUT2D eigenvalue weighted by Gasteiger charge is -2.20. The Labute approximate surface area is 117 Å². The molecule has 0 spiro atoms. The standard InChI is InChI=1S/C13H18ClFN2O2/c1-8(17(2)3)13(19)16-7-12(18)9-4-5-10(14)11(15)6-9/h4-6,8,12,18H,7H2,1-3H3,(H,16,19)/t8-,12?/m0/s1. The van der Waals surface area contributed by atoms with Crippen LogP contribution in [0.5, 0.6) is 0 Å². The Kier molecular flexibility index (Phi) is 5.72. The highest BCUT2D eigenvalue weighted by molar-refractivity contribution is 6.30. The van der Waals surface area contributed by atoms with Crippen LogP contribution in [0.1, 0.15) is 18.6 Å². The Hall–Kier alpha value is -1.17. The van der Waals surface area contributed by atoms with Crippen molar-refractivity contribution in [3.05, 3.63) is 34.6 Å². The molecule has 0 aromatic heterocycles. The van der Waals surface area contributed by atoms with Gasteiger partial charge in [0.05, 0.1) is 17.2 Å². The molecule has 0 aliphatic rings. The zero-order chi connectivity index (χ0) is 14.6. The number of hydrogen-bond acceptors (Lipinski definition) is 3. The summed E-state index contributed by atoms with van der Waals surface area (Å²) in [4.78, 5) is 13.4. The van der Waals surface area contributed by atoms with E-state index in [0.717, 1.165) is 6.07 Å². The van der Waals surface area contributed by atoms with E-state index in [1.165, 1.54) is 12.1 Å². The molecule has 106 valence electrons. The van der Waals surface area contributed by atoms with Gasteiger partial charge in [-0.05, 0) is 38.7 Å². The van der Waals surface area contributed by atoms with Gasteiger partial charge in [-0.3, -0.25) is 9.69 Å². The van der Waals surface area contributed by atoms with Crippen molar-refractivity contribution >= 4 is 17.5 Å². The molecule has 0 bridgehead atoms. The number of carbonyl (C=O) groups excluding carboxylic acids is 1. The van der Waals surface area contributed by atoms with Gasteiger partial charge in [0, 0.05) is 6.54 Å². The Morgan fingerprint density at radius 2 is 2.16 bits per heavy atom. The maximum Gasteiger partial charge on any atom is 0.237 e. The highest BCUT2D eigenvalue weighted by atomic mass is 35.5. The average molecular weight is 289 g/mol. The first kappa shape index (κ1) is 15.9. The molecule has 0 radical (unpaired) electrons. The van der Waals surface area contributed by atoms with Crippen LogP contribution in [0.15, 0.2) is 18.2 Å². The van der Waals surface area contributed by atoms with Gasteiger partial charge < -0.3 is 10.4 Å². The summed E-state index contributed by atoms with van der Waals surface area (Å²) in [6.07, 6.45) is -0.968. The number of carbonyl (C=O) groups is 1. The second-order valence-corrected chi connectivity index (χ2v) is 4.98. The summed E-state index contributed by atoms with van der Waals surface area (Å²) in [6.45, 7) is 1.78. The van der Waals surface area contributed by atoms with Gasteiger partial charge in [-0.25, -0.2) is 4.39 Å². The molecule has 1 aromatic carbocycles. The largest absolute Gasteiger partial charge is 0.387 e. The number of benzene rings is 1. The van der Waals surface area contributed by atoms with Gasteiger partial charge in [0.1, 0.15) is 5.82 Å². The molecule has 6 heteroatoms. The maximum absolute atomic E-state index is 13.2. The molecule has 0 saturated carbocycles. The van der Waals surface area contributed by atoms with Crippen LogP contribution in [-0.2, 0) is 4.79 Å². The number of halogens is 2. The van der Waals surface area contributed by atoms with Crippen molar-refractivity contribution in [1.29, 1.82) is 0 Å². The number of nitrogens with zero attached hydrogens (tertiary/aromatic N) is 1. The smallest absolute Gasteiger partial charge is 0.237 e. The quantitative estimate of drug-likeness (QED) is 0.865. The molecule has 1 aromatic rings. The molecular formula is C13H18ClFN2O2. The van der Waals surface area contributed by atoms with Crippen LogP contribution >= 0.6 is 11.6 Å². The third-order valence-electron chi connectivity index (χ3n) is 2.95. The predicted molar refractivity (Wildman–Crippen MR) is 72.5 cm³/mol. The molecule has 0 heterocycles. The van der Waals surface area contributed by atoms with Crippen molar-refractivity contribution < 1.29 is 14.3 Å². The third-order valence-corrected chi connectivity index (χ3v) is 3.26. The monoisotopic (exact) mass is 288 g/mol. The second kappa shape index (κ2) is 6.84. The van der Waals surface area contributed by atoms with Crippen molar-refractivity contribution in [2.45, 2.75) is 19.1 Å². The van der Waals surface area contributed by atoms with Gasteiger partial charge in [-0.15, -0.1) is 0 Å². The summed E-state index contributed by atoms with van der Waals surface area (Å²) < 4.78 is 13.2. The van der Waals surface area contributed by atoms with Gasteiger partial charge in [0.2, 0.25) is 5.91 Å². The first-order valence-electron chi connectivity index (χ1n) is 5.90. The lowest BCUT2D eigenvalue weighted by molar-refractivity contribution is -0.125. The van der Waals surface area contributed by atoms with Crippen LogP contribution in [0.25, 0.3) is 0 Å².